The molecule has 0 spiro atoms. The Kier molecular flexibility index (Phi) is 2.68. The molecule has 15 heavy (non-hydrogen) atoms. The van der Waals surface area contributed by atoms with Gasteiger partial charge in [-0.2, -0.15) is 0 Å². The van der Waals surface area contributed by atoms with E-state index in [1.165, 1.54) is 0 Å². The number of carbonyl (C=O) groups is 1. The zero-order chi connectivity index (χ0) is 10.8. The first-order valence-corrected chi connectivity index (χ1v) is 5.30. The highest BCUT2D eigenvalue weighted by molar-refractivity contribution is 7.80. The zero-order valence-corrected chi connectivity index (χ0v) is 9.06. The van der Waals surface area contributed by atoms with Crippen LogP contribution in [0.15, 0.2) is 18.2 Å². The molecule has 0 atom stereocenters. The Labute approximate surface area is 93.7 Å². The van der Waals surface area contributed by atoms with Gasteiger partial charge in [0.05, 0.1) is 0 Å². The fourth-order valence-electron chi connectivity index (χ4n) is 1.85. The number of nitrogens with two attached hydrogens (primary N) is 1. The van der Waals surface area contributed by atoms with Gasteiger partial charge in [0.15, 0.2) is 10.9 Å². The average molecular weight is 220 g/mol. The molecule has 0 heterocycles. The molecule has 1 aromatic carbocycles. The number of fused-ring (bicyclic) bond motifs is 1. The van der Waals surface area contributed by atoms with E-state index in [9.17, 15) is 4.79 Å². The van der Waals surface area contributed by atoms with E-state index in [1.54, 1.807) is 0 Å². The van der Waals surface area contributed by atoms with Gasteiger partial charge >= 0.3 is 0 Å². The Balaban J connectivity index is 2.35. The molecule has 1 aromatic rings. The highest BCUT2D eigenvalue weighted by atomic mass is 32.1. The van der Waals surface area contributed by atoms with Crippen LogP contribution in [0.3, 0.4) is 0 Å². The highest BCUT2D eigenvalue weighted by Gasteiger charge is 2.16. The lowest BCUT2D eigenvalue weighted by atomic mass is 9.90. The summed E-state index contributed by atoms with van der Waals surface area (Å²) in [4.78, 5) is 11.6. The number of ketones is 1. The summed E-state index contributed by atoms with van der Waals surface area (Å²) in [5, 5.41) is 3.05. The number of aryl methyl sites for hydroxylation is 1. The molecular weight excluding hydrogens is 208 g/mol. The molecule has 0 radical (unpaired) electrons. The Morgan fingerprint density at radius 1 is 1.40 bits per heavy atom. The van der Waals surface area contributed by atoms with Gasteiger partial charge in [0.2, 0.25) is 0 Å². The van der Waals surface area contributed by atoms with Gasteiger partial charge in [-0.05, 0) is 42.8 Å². The van der Waals surface area contributed by atoms with E-state index < -0.39 is 0 Å². The minimum Gasteiger partial charge on any atom is -0.376 e. The van der Waals surface area contributed by atoms with Crippen LogP contribution < -0.4 is 11.1 Å². The summed E-state index contributed by atoms with van der Waals surface area (Å²) in [6.45, 7) is 0. The quantitative estimate of drug-likeness (QED) is 0.709. The van der Waals surface area contributed by atoms with Crippen molar-refractivity contribution in [1.82, 2.24) is 0 Å². The first kappa shape index (κ1) is 10.1. The number of benzene rings is 1. The van der Waals surface area contributed by atoms with Crippen LogP contribution in [0.5, 0.6) is 0 Å². The first-order chi connectivity index (χ1) is 7.16. The molecule has 0 saturated carbocycles. The van der Waals surface area contributed by atoms with Crippen molar-refractivity contribution in [3.8, 4) is 0 Å². The zero-order valence-electron chi connectivity index (χ0n) is 8.25. The predicted octanol–water partition coefficient (Wildman–Crippen LogP) is 1.86. The number of thiocarbonyl (C=S) groups is 1. The van der Waals surface area contributed by atoms with Gasteiger partial charge in [-0.1, -0.05) is 6.07 Å². The molecule has 3 nitrogen and oxygen atoms in total. The molecule has 1 aliphatic carbocycles. The largest absolute Gasteiger partial charge is 0.376 e. The lowest BCUT2D eigenvalue weighted by Gasteiger charge is -2.15. The lowest BCUT2D eigenvalue weighted by molar-refractivity contribution is 0.0972. The Bertz CT molecular complexity index is 429. The normalized spacial score (nSPS) is 14.5. The minimum atomic E-state index is 0.211. The molecule has 3 N–H and O–H groups in total. The number of carbonyl (C=O) groups excluding carboxylic acids is 1. The highest BCUT2D eigenvalue weighted by Crippen LogP contribution is 2.24. The summed E-state index contributed by atoms with van der Waals surface area (Å²) in [7, 11) is 0. The van der Waals surface area contributed by atoms with Crippen LogP contribution in [0, 0.1) is 0 Å². The van der Waals surface area contributed by atoms with Crippen LogP contribution in [0.25, 0.3) is 0 Å². The Hall–Kier alpha value is -1.42. The number of Topliss-reactive ketones (excluding diaryl/α,β-unsaturated/α-hetero) is 1. The maximum absolute atomic E-state index is 11.6. The third kappa shape index (κ3) is 2.15. The van der Waals surface area contributed by atoms with Crippen molar-refractivity contribution in [1.29, 1.82) is 0 Å². The third-order valence-electron chi connectivity index (χ3n) is 2.53. The van der Waals surface area contributed by atoms with Gasteiger partial charge < -0.3 is 11.1 Å². The van der Waals surface area contributed by atoms with Crippen LogP contribution in [0.1, 0.15) is 28.8 Å². The van der Waals surface area contributed by atoms with Crippen molar-refractivity contribution >= 4 is 28.8 Å². The Morgan fingerprint density at radius 2 is 2.20 bits per heavy atom. The second-order valence-electron chi connectivity index (χ2n) is 3.64. The van der Waals surface area contributed by atoms with Gasteiger partial charge in [0.25, 0.3) is 0 Å². The minimum absolute atomic E-state index is 0.211. The Morgan fingerprint density at radius 3 is 2.93 bits per heavy atom. The van der Waals surface area contributed by atoms with Crippen molar-refractivity contribution < 1.29 is 4.79 Å². The van der Waals surface area contributed by atoms with E-state index in [-0.39, 0.29) is 10.9 Å². The number of hydrogen-bond donors (Lipinski definition) is 2. The number of rotatable bonds is 1. The van der Waals surface area contributed by atoms with Crippen molar-refractivity contribution in [2.45, 2.75) is 19.3 Å². The summed E-state index contributed by atoms with van der Waals surface area (Å²) in [5.41, 5.74) is 8.09. The molecule has 2 rings (SSSR count). The summed E-state index contributed by atoms with van der Waals surface area (Å²) in [5.74, 6) is 0.211. The maximum atomic E-state index is 11.6. The topological polar surface area (TPSA) is 55.1 Å². The SMILES string of the molecule is NC(=S)Nc1ccc2c(c1)C(=O)CCC2. The smallest absolute Gasteiger partial charge is 0.168 e. The molecule has 0 fully saturated rings. The molecule has 0 saturated heterocycles. The van der Waals surface area contributed by atoms with Crippen molar-refractivity contribution in [3.63, 3.8) is 0 Å². The molecular formula is C11H12N2OS. The van der Waals surface area contributed by atoms with Gasteiger partial charge in [-0.3, -0.25) is 4.79 Å². The van der Waals surface area contributed by atoms with E-state index in [4.69, 9.17) is 18.0 Å². The van der Waals surface area contributed by atoms with Crippen LogP contribution in [-0.4, -0.2) is 10.9 Å². The fraction of sp³-hybridized carbons (Fsp3) is 0.273. The summed E-state index contributed by atoms with van der Waals surface area (Å²) < 4.78 is 0. The predicted molar refractivity (Wildman–Crippen MR) is 64.1 cm³/mol. The van der Waals surface area contributed by atoms with E-state index in [1.807, 2.05) is 18.2 Å². The first-order valence-electron chi connectivity index (χ1n) is 4.89. The van der Waals surface area contributed by atoms with Gasteiger partial charge in [0.1, 0.15) is 0 Å². The van der Waals surface area contributed by atoms with E-state index >= 15 is 0 Å². The second kappa shape index (κ2) is 3.98. The molecule has 0 aliphatic heterocycles. The van der Waals surface area contributed by atoms with Crippen LogP contribution >= 0.6 is 12.2 Å². The average Bonchev–Trinajstić information content (AvgIpc) is 2.18. The van der Waals surface area contributed by atoms with Crippen molar-refractivity contribution in [3.05, 3.63) is 29.3 Å². The van der Waals surface area contributed by atoms with Crippen LogP contribution in [-0.2, 0) is 6.42 Å². The van der Waals surface area contributed by atoms with Gasteiger partial charge in [-0.15, -0.1) is 0 Å². The van der Waals surface area contributed by atoms with Crippen molar-refractivity contribution in [2.75, 3.05) is 5.32 Å². The van der Waals surface area contributed by atoms with Gasteiger partial charge in [-0.25, -0.2) is 0 Å². The molecule has 0 amide bonds. The molecule has 4 heteroatoms. The summed E-state index contributed by atoms with van der Waals surface area (Å²) >= 11 is 4.74. The molecule has 0 bridgehead atoms. The standard InChI is InChI=1S/C11H12N2OS/c12-11(15)13-8-5-4-7-2-1-3-10(14)9(7)6-8/h4-6H,1-3H2,(H3,12,13,15). The van der Waals surface area contributed by atoms with E-state index in [0.29, 0.717) is 6.42 Å². The van der Waals surface area contributed by atoms with Crippen molar-refractivity contribution in [2.24, 2.45) is 5.73 Å². The summed E-state index contributed by atoms with van der Waals surface area (Å²) in [6.07, 6.45) is 2.58. The third-order valence-corrected chi connectivity index (χ3v) is 2.63. The monoisotopic (exact) mass is 220 g/mol. The summed E-state index contributed by atoms with van der Waals surface area (Å²) in [6, 6.07) is 5.69. The molecule has 1 aliphatic rings. The van der Waals surface area contributed by atoms with Gasteiger partial charge in [0, 0.05) is 17.7 Å². The fourth-order valence-corrected chi connectivity index (χ4v) is 1.97. The lowest BCUT2D eigenvalue weighted by Crippen LogP contribution is -2.19. The van der Waals surface area contributed by atoms with Crippen LogP contribution in [0.4, 0.5) is 5.69 Å². The van der Waals surface area contributed by atoms with E-state index in [0.717, 1.165) is 29.7 Å². The number of hydrogen-bond acceptors (Lipinski definition) is 2. The number of anilines is 1. The van der Waals surface area contributed by atoms with E-state index in [2.05, 4.69) is 5.32 Å². The maximum Gasteiger partial charge on any atom is 0.168 e. The van der Waals surface area contributed by atoms with Crippen LogP contribution in [0.2, 0.25) is 0 Å². The molecule has 0 unspecified atom stereocenters. The molecule has 78 valence electrons. The number of nitrogens with one attached hydrogen (secondary N) is 1. The second-order valence-corrected chi connectivity index (χ2v) is 4.08. The molecule has 0 aromatic heterocycles.